The molecule has 0 amide bonds. The smallest absolute Gasteiger partial charge is 0.239 e. The van der Waals surface area contributed by atoms with Crippen LogP contribution in [0.15, 0.2) is 17.3 Å². The van der Waals surface area contributed by atoms with Gasteiger partial charge in [-0.1, -0.05) is 12.5 Å². The monoisotopic (exact) mass is 166 g/mol. The fourth-order valence-electron chi connectivity index (χ4n) is 1.42. The van der Waals surface area contributed by atoms with Crippen molar-refractivity contribution in [2.24, 2.45) is 4.99 Å². The number of carbonyl (C=O) groups excluding carboxylic acids is 1. The lowest BCUT2D eigenvalue weighted by molar-refractivity contribution is 0.251. The van der Waals surface area contributed by atoms with Crippen LogP contribution in [0.4, 0.5) is 0 Å². The number of hydrogen-bond acceptors (Lipinski definition) is 3. The average Bonchev–Trinajstić information content (AvgIpc) is 2.14. The second kappa shape index (κ2) is 5.70. The number of isocyanates is 1. The zero-order valence-corrected chi connectivity index (χ0v) is 7.20. The molecule has 1 aliphatic heterocycles. The average molecular weight is 166 g/mol. The van der Waals surface area contributed by atoms with Gasteiger partial charge in [0.25, 0.3) is 0 Å². The van der Waals surface area contributed by atoms with E-state index in [9.17, 15) is 4.79 Å². The van der Waals surface area contributed by atoms with Crippen molar-refractivity contribution in [3.63, 3.8) is 0 Å². The minimum Gasteiger partial charge on any atom is -0.300 e. The normalized spacial score (nSPS) is 19.3. The van der Waals surface area contributed by atoms with E-state index in [0.29, 0.717) is 0 Å². The van der Waals surface area contributed by atoms with Gasteiger partial charge in [-0.25, -0.2) is 4.79 Å². The van der Waals surface area contributed by atoms with Gasteiger partial charge in [0, 0.05) is 12.7 Å². The number of rotatable bonds is 3. The van der Waals surface area contributed by atoms with Crippen molar-refractivity contribution in [1.82, 2.24) is 4.90 Å². The molecule has 0 aliphatic carbocycles. The van der Waals surface area contributed by atoms with Crippen LogP contribution in [0.3, 0.4) is 0 Å². The number of piperidine rings is 1. The van der Waals surface area contributed by atoms with Crippen LogP contribution >= 0.6 is 0 Å². The minimum absolute atomic E-state index is 0.908. The molecule has 0 aromatic heterocycles. The molecule has 3 nitrogen and oxygen atoms in total. The highest BCUT2D eigenvalue weighted by Gasteiger charge is 2.06. The highest BCUT2D eigenvalue weighted by molar-refractivity contribution is 5.34. The Hall–Kier alpha value is -0.920. The Labute approximate surface area is 72.8 Å². The van der Waals surface area contributed by atoms with Crippen LogP contribution in [-0.2, 0) is 4.79 Å². The SMILES string of the molecule is O=C=N/C=C\CN1CCCCC1. The third-order valence-corrected chi connectivity index (χ3v) is 2.04. The molecule has 1 saturated heterocycles. The summed E-state index contributed by atoms with van der Waals surface area (Å²) in [5.74, 6) is 0. The van der Waals surface area contributed by atoms with E-state index in [1.807, 2.05) is 6.08 Å². The Balaban J connectivity index is 2.16. The van der Waals surface area contributed by atoms with Gasteiger partial charge in [0.15, 0.2) is 0 Å². The number of hydrogen-bond donors (Lipinski definition) is 0. The highest BCUT2D eigenvalue weighted by atomic mass is 16.1. The van der Waals surface area contributed by atoms with Gasteiger partial charge in [-0.05, 0) is 25.9 Å². The summed E-state index contributed by atoms with van der Waals surface area (Å²) in [5, 5.41) is 0. The van der Waals surface area contributed by atoms with Crippen LogP contribution < -0.4 is 0 Å². The molecule has 1 fully saturated rings. The van der Waals surface area contributed by atoms with Crippen molar-refractivity contribution in [3.05, 3.63) is 12.3 Å². The maximum Gasteiger partial charge on any atom is 0.239 e. The van der Waals surface area contributed by atoms with E-state index in [0.717, 1.165) is 6.54 Å². The third-order valence-electron chi connectivity index (χ3n) is 2.04. The largest absolute Gasteiger partial charge is 0.300 e. The standard InChI is InChI=1S/C9H14N2O/c12-9-10-5-4-8-11-6-2-1-3-7-11/h4-5H,1-3,6-8H2/b5-4-. The molecule has 0 bridgehead atoms. The molecule has 0 radical (unpaired) electrons. The Morgan fingerprint density at radius 1 is 1.33 bits per heavy atom. The maximum absolute atomic E-state index is 9.70. The summed E-state index contributed by atoms with van der Waals surface area (Å²) in [4.78, 5) is 15.4. The quantitative estimate of drug-likeness (QED) is 0.468. The molecular formula is C9H14N2O. The molecule has 1 rings (SSSR count). The summed E-state index contributed by atoms with van der Waals surface area (Å²) < 4.78 is 0. The molecule has 3 heteroatoms. The van der Waals surface area contributed by atoms with Crippen molar-refractivity contribution < 1.29 is 4.79 Å². The lowest BCUT2D eigenvalue weighted by Gasteiger charge is -2.24. The molecule has 0 saturated carbocycles. The van der Waals surface area contributed by atoms with E-state index < -0.39 is 0 Å². The summed E-state index contributed by atoms with van der Waals surface area (Å²) in [6.07, 6.45) is 8.84. The second-order valence-corrected chi connectivity index (χ2v) is 2.97. The van der Waals surface area contributed by atoms with Crippen LogP contribution in [0.1, 0.15) is 19.3 Å². The summed E-state index contributed by atoms with van der Waals surface area (Å²) in [6, 6.07) is 0. The van der Waals surface area contributed by atoms with Crippen LogP contribution in [-0.4, -0.2) is 30.6 Å². The van der Waals surface area contributed by atoms with Crippen LogP contribution in [0.2, 0.25) is 0 Å². The Bertz CT molecular complexity index is 189. The van der Waals surface area contributed by atoms with Gasteiger partial charge in [0.05, 0.1) is 0 Å². The second-order valence-electron chi connectivity index (χ2n) is 2.97. The molecule has 12 heavy (non-hydrogen) atoms. The Morgan fingerprint density at radius 3 is 2.75 bits per heavy atom. The van der Waals surface area contributed by atoms with Crippen molar-refractivity contribution in [2.75, 3.05) is 19.6 Å². The van der Waals surface area contributed by atoms with Gasteiger partial charge in [0.1, 0.15) is 0 Å². The van der Waals surface area contributed by atoms with Crippen molar-refractivity contribution in [3.8, 4) is 0 Å². The highest BCUT2D eigenvalue weighted by Crippen LogP contribution is 2.07. The first-order chi connectivity index (χ1) is 5.93. The fourth-order valence-corrected chi connectivity index (χ4v) is 1.42. The predicted octanol–water partition coefficient (Wildman–Crippen LogP) is 1.32. The van der Waals surface area contributed by atoms with E-state index in [1.165, 1.54) is 44.6 Å². The van der Waals surface area contributed by atoms with Gasteiger partial charge >= 0.3 is 0 Å². The van der Waals surface area contributed by atoms with Gasteiger partial charge in [0.2, 0.25) is 6.08 Å². The molecule has 1 aliphatic rings. The van der Waals surface area contributed by atoms with E-state index in [-0.39, 0.29) is 0 Å². The predicted molar refractivity (Wildman–Crippen MR) is 47.6 cm³/mol. The molecule has 1 heterocycles. The molecule has 66 valence electrons. The lowest BCUT2D eigenvalue weighted by Crippen LogP contribution is -2.29. The minimum atomic E-state index is 0.908. The molecule has 0 aromatic rings. The van der Waals surface area contributed by atoms with Gasteiger partial charge in [-0.15, -0.1) is 0 Å². The lowest BCUT2D eigenvalue weighted by atomic mass is 10.1. The Kier molecular flexibility index (Phi) is 4.35. The number of aliphatic imine (C=N–C) groups is 1. The number of nitrogens with zero attached hydrogens (tertiary/aromatic N) is 2. The van der Waals surface area contributed by atoms with Gasteiger partial charge in [-0.2, -0.15) is 4.99 Å². The summed E-state index contributed by atoms with van der Waals surface area (Å²) in [6.45, 7) is 3.26. The van der Waals surface area contributed by atoms with E-state index in [2.05, 4.69) is 9.89 Å². The zero-order chi connectivity index (χ0) is 8.65. The fraction of sp³-hybridized carbons (Fsp3) is 0.667. The van der Waals surface area contributed by atoms with E-state index in [4.69, 9.17) is 0 Å². The molecule has 0 atom stereocenters. The van der Waals surface area contributed by atoms with Crippen molar-refractivity contribution in [1.29, 1.82) is 0 Å². The van der Waals surface area contributed by atoms with Crippen LogP contribution in [0, 0.1) is 0 Å². The number of likely N-dealkylation sites (tertiary alicyclic amines) is 1. The summed E-state index contributed by atoms with van der Waals surface area (Å²) in [7, 11) is 0. The molecule has 0 aromatic carbocycles. The third kappa shape index (κ3) is 3.46. The first kappa shape index (κ1) is 9.17. The van der Waals surface area contributed by atoms with Crippen molar-refractivity contribution in [2.45, 2.75) is 19.3 Å². The van der Waals surface area contributed by atoms with E-state index >= 15 is 0 Å². The Morgan fingerprint density at radius 2 is 2.08 bits per heavy atom. The van der Waals surface area contributed by atoms with Crippen LogP contribution in [0.25, 0.3) is 0 Å². The first-order valence-electron chi connectivity index (χ1n) is 4.38. The van der Waals surface area contributed by atoms with Crippen LogP contribution in [0.5, 0.6) is 0 Å². The zero-order valence-electron chi connectivity index (χ0n) is 7.20. The molecule has 0 unspecified atom stereocenters. The maximum atomic E-state index is 9.70. The van der Waals surface area contributed by atoms with Gasteiger partial charge < -0.3 is 0 Å². The molecular weight excluding hydrogens is 152 g/mol. The summed E-state index contributed by atoms with van der Waals surface area (Å²) >= 11 is 0. The summed E-state index contributed by atoms with van der Waals surface area (Å²) in [5.41, 5.74) is 0. The van der Waals surface area contributed by atoms with Gasteiger partial charge in [-0.3, -0.25) is 4.90 Å². The molecule has 0 N–H and O–H groups in total. The first-order valence-corrected chi connectivity index (χ1v) is 4.38. The topological polar surface area (TPSA) is 32.7 Å². The molecule has 0 spiro atoms. The van der Waals surface area contributed by atoms with Crippen molar-refractivity contribution >= 4 is 6.08 Å². The van der Waals surface area contributed by atoms with E-state index in [1.54, 1.807) is 0 Å².